The summed E-state index contributed by atoms with van der Waals surface area (Å²) in [7, 11) is -3.04. The summed E-state index contributed by atoms with van der Waals surface area (Å²) < 4.78 is 31.2. The van der Waals surface area contributed by atoms with Crippen LogP contribution < -0.4 is 15.2 Å². The van der Waals surface area contributed by atoms with Crippen LogP contribution in [0.2, 0.25) is 0 Å². The SMILES string of the molecule is CCOc1ccc(N(Cc2cc(=O)n3c(C)cccc3n2)C2=N[C@@H]3CS(=O)(=O)C[C@@H]3S2)cc1. The molecular formula is C23H24N4O4S2. The summed E-state index contributed by atoms with van der Waals surface area (Å²) in [5.74, 6) is 0.990. The third kappa shape index (κ3) is 4.37. The van der Waals surface area contributed by atoms with E-state index in [1.54, 1.807) is 10.5 Å². The Morgan fingerprint density at radius 1 is 1.18 bits per heavy atom. The van der Waals surface area contributed by atoms with Gasteiger partial charge in [0, 0.05) is 22.7 Å². The minimum atomic E-state index is -3.04. The molecule has 33 heavy (non-hydrogen) atoms. The third-order valence-corrected chi connectivity index (χ3v) is 9.00. The first-order valence-electron chi connectivity index (χ1n) is 10.8. The van der Waals surface area contributed by atoms with Crippen LogP contribution >= 0.6 is 11.8 Å². The van der Waals surface area contributed by atoms with Gasteiger partial charge in [-0.25, -0.2) is 13.4 Å². The van der Waals surface area contributed by atoms with E-state index in [-0.39, 0.29) is 28.4 Å². The van der Waals surface area contributed by atoms with Crippen LogP contribution in [0.5, 0.6) is 5.75 Å². The second-order valence-electron chi connectivity index (χ2n) is 8.17. The van der Waals surface area contributed by atoms with Gasteiger partial charge in [-0.1, -0.05) is 17.8 Å². The Bertz CT molecular complexity index is 1400. The van der Waals surface area contributed by atoms with Crippen molar-refractivity contribution in [3.05, 3.63) is 70.3 Å². The van der Waals surface area contributed by atoms with Crippen molar-refractivity contribution in [3.63, 3.8) is 0 Å². The molecule has 0 amide bonds. The molecule has 0 aliphatic carbocycles. The number of rotatable bonds is 5. The highest BCUT2D eigenvalue weighted by molar-refractivity contribution is 8.15. The standard InChI is InChI=1S/C23H24N4O4S2/c1-3-31-18-9-7-17(8-10-18)26(23-25-19-13-33(29,30)14-20(19)32-23)12-16-11-22(28)27-15(2)5-4-6-21(27)24-16/h4-11,19-20H,3,12-14H2,1-2H3/t19-,20+/m1/s1. The van der Waals surface area contributed by atoms with Gasteiger partial charge >= 0.3 is 0 Å². The van der Waals surface area contributed by atoms with E-state index in [2.05, 4.69) is 0 Å². The number of anilines is 1. The second kappa shape index (κ2) is 8.49. The largest absolute Gasteiger partial charge is 0.494 e. The molecule has 8 nitrogen and oxygen atoms in total. The molecular weight excluding hydrogens is 460 g/mol. The topological polar surface area (TPSA) is 93.3 Å². The van der Waals surface area contributed by atoms with Crippen LogP contribution in [-0.2, 0) is 16.4 Å². The molecule has 10 heteroatoms. The number of fused-ring (bicyclic) bond motifs is 2. The number of aryl methyl sites for hydroxylation is 1. The van der Waals surface area contributed by atoms with Gasteiger partial charge in [0.1, 0.15) is 11.4 Å². The van der Waals surface area contributed by atoms with E-state index in [9.17, 15) is 13.2 Å². The second-order valence-corrected chi connectivity index (χ2v) is 11.5. The van der Waals surface area contributed by atoms with Crippen molar-refractivity contribution >= 4 is 38.1 Å². The Hall–Kier alpha value is -2.85. The molecule has 2 aromatic heterocycles. The van der Waals surface area contributed by atoms with Crippen LogP contribution in [0.4, 0.5) is 5.69 Å². The first-order chi connectivity index (χ1) is 15.8. The van der Waals surface area contributed by atoms with Crippen molar-refractivity contribution < 1.29 is 13.2 Å². The van der Waals surface area contributed by atoms with Gasteiger partial charge in [-0.15, -0.1) is 0 Å². The Morgan fingerprint density at radius 2 is 1.97 bits per heavy atom. The minimum Gasteiger partial charge on any atom is -0.494 e. The average molecular weight is 485 g/mol. The molecule has 0 radical (unpaired) electrons. The van der Waals surface area contributed by atoms with Crippen LogP contribution in [0.25, 0.3) is 5.65 Å². The van der Waals surface area contributed by atoms with Gasteiger partial charge in [-0.05, 0) is 50.2 Å². The molecule has 0 bridgehead atoms. The fraction of sp³-hybridized carbons (Fsp3) is 0.348. The lowest BCUT2D eigenvalue weighted by Gasteiger charge is -2.24. The van der Waals surface area contributed by atoms with Gasteiger partial charge in [-0.3, -0.25) is 14.2 Å². The Labute approximate surface area is 196 Å². The number of hydrogen-bond donors (Lipinski definition) is 0. The maximum Gasteiger partial charge on any atom is 0.258 e. The van der Waals surface area contributed by atoms with E-state index < -0.39 is 9.84 Å². The molecule has 2 aliphatic rings. The molecule has 0 unspecified atom stereocenters. The predicted octanol–water partition coefficient (Wildman–Crippen LogP) is 2.68. The molecule has 0 spiro atoms. The summed E-state index contributed by atoms with van der Waals surface area (Å²) in [6.45, 7) is 4.72. The van der Waals surface area contributed by atoms with Gasteiger partial charge in [-0.2, -0.15) is 0 Å². The summed E-state index contributed by atoms with van der Waals surface area (Å²) in [5.41, 5.74) is 2.77. The first kappa shape index (κ1) is 22.0. The number of aromatic nitrogens is 2. The monoisotopic (exact) mass is 484 g/mol. The molecule has 2 atom stereocenters. The van der Waals surface area contributed by atoms with E-state index in [1.807, 2.05) is 61.2 Å². The molecule has 172 valence electrons. The number of thioether (sulfide) groups is 1. The number of ether oxygens (including phenoxy) is 1. The maximum absolute atomic E-state index is 12.8. The third-order valence-electron chi connectivity index (χ3n) is 5.75. The lowest BCUT2D eigenvalue weighted by atomic mass is 10.2. The van der Waals surface area contributed by atoms with E-state index >= 15 is 0 Å². The van der Waals surface area contributed by atoms with Crippen LogP contribution in [0.15, 0.2) is 58.3 Å². The van der Waals surface area contributed by atoms with Gasteiger partial charge < -0.3 is 9.64 Å². The zero-order chi connectivity index (χ0) is 23.2. The molecule has 0 saturated carbocycles. The number of pyridine rings is 1. The number of hydrogen-bond acceptors (Lipinski definition) is 8. The minimum absolute atomic E-state index is 0.0759. The van der Waals surface area contributed by atoms with Gasteiger partial charge in [0.15, 0.2) is 15.0 Å². The zero-order valence-corrected chi connectivity index (χ0v) is 20.0. The molecule has 0 N–H and O–H groups in total. The quantitative estimate of drug-likeness (QED) is 0.550. The number of sulfone groups is 1. The summed E-state index contributed by atoms with van der Waals surface area (Å²) in [5, 5.41) is 0.670. The zero-order valence-electron chi connectivity index (χ0n) is 18.3. The van der Waals surface area contributed by atoms with Crippen LogP contribution in [0.1, 0.15) is 18.3 Å². The van der Waals surface area contributed by atoms with Gasteiger partial charge in [0.2, 0.25) is 0 Å². The van der Waals surface area contributed by atoms with Crippen molar-refractivity contribution in [2.24, 2.45) is 4.99 Å². The van der Waals surface area contributed by atoms with E-state index in [4.69, 9.17) is 14.7 Å². The lowest BCUT2D eigenvalue weighted by Crippen LogP contribution is -2.30. The summed E-state index contributed by atoms with van der Waals surface area (Å²) in [6.07, 6.45) is 0. The smallest absolute Gasteiger partial charge is 0.258 e. The molecule has 4 heterocycles. The molecule has 3 aromatic rings. The summed E-state index contributed by atoms with van der Waals surface area (Å²) in [6, 6.07) is 14.5. The molecule has 2 aliphatic heterocycles. The van der Waals surface area contributed by atoms with E-state index in [0.717, 1.165) is 22.3 Å². The van der Waals surface area contributed by atoms with Crippen molar-refractivity contribution in [3.8, 4) is 5.75 Å². The van der Waals surface area contributed by atoms with Crippen LogP contribution in [0, 0.1) is 6.92 Å². The summed E-state index contributed by atoms with van der Waals surface area (Å²) in [4.78, 5) is 24.3. The van der Waals surface area contributed by atoms with E-state index in [0.29, 0.717) is 24.5 Å². The lowest BCUT2D eigenvalue weighted by molar-refractivity contribution is 0.340. The number of aliphatic imine (C=N–C) groups is 1. The van der Waals surface area contributed by atoms with Crippen molar-refractivity contribution in [2.75, 3.05) is 23.0 Å². The Morgan fingerprint density at radius 3 is 2.70 bits per heavy atom. The normalized spacial score (nSPS) is 21.1. The first-order valence-corrected chi connectivity index (χ1v) is 13.5. The van der Waals surface area contributed by atoms with Crippen LogP contribution in [0.3, 0.4) is 0 Å². The molecule has 1 aromatic carbocycles. The highest BCUT2D eigenvalue weighted by atomic mass is 32.2. The van der Waals surface area contributed by atoms with Gasteiger partial charge in [0.25, 0.3) is 5.56 Å². The predicted molar refractivity (Wildman–Crippen MR) is 131 cm³/mol. The number of nitrogens with zero attached hydrogens (tertiary/aromatic N) is 4. The average Bonchev–Trinajstić information content (AvgIpc) is 3.26. The molecule has 1 fully saturated rings. The van der Waals surface area contributed by atoms with E-state index in [1.165, 1.54) is 11.8 Å². The maximum atomic E-state index is 12.8. The van der Waals surface area contributed by atoms with Crippen molar-refractivity contribution in [1.29, 1.82) is 0 Å². The van der Waals surface area contributed by atoms with Crippen LogP contribution in [-0.4, -0.2) is 52.4 Å². The highest BCUT2D eigenvalue weighted by Gasteiger charge is 2.44. The molecule has 5 rings (SSSR count). The number of benzene rings is 1. The fourth-order valence-electron chi connectivity index (χ4n) is 4.24. The van der Waals surface area contributed by atoms with Gasteiger partial charge in [0.05, 0.1) is 36.4 Å². The number of amidine groups is 1. The summed E-state index contributed by atoms with van der Waals surface area (Å²) >= 11 is 1.48. The molecule has 1 saturated heterocycles. The Balaban J connectivity index is 1.52. The van der Waals surface area contributed by atoms with Crippen molar-refractivity contribution in [1.82, 2.24) is 9.38 Å². The van der Waals surface area contributed by atoms with Crippen molar-refractivity contribution in [2.45, 2.75) is 31.7 Å². The Kier molecular flexibility index (Phi) is 5.65. The fourth-order valence-corrected chi connectivity index (χ4v) is 8.02. The highest BCUT2D eigenvalue weighted by Crippen LogP contribution is 2.37.